The third-order valence-electron chi connectivity index (χ3n) is 3.78. The number of carbonyl (C=O) groups is 1. The van der Waals surface area contributed by atoms with Gasteiger partial charge < -0.3 is 19.6 Å². The molecule has 1 amide bonds. The van der Waals surface area contributed by atoms with E-state index in [0.717, 1.165) is 4.90 Å². The first-order valence-corrected chi connectivity index (χ1v) is 7.16. The number of nitrogens with one attached hydrogen (secondary N) is 1. The zero-order valence-corrected chi connectivity index (χ0v) is 12.8. The number of likely N-dealkylation sites (tertiary alicyclic amines) is 1. The lowest BCUT2D eigenvalue weighted by molar-refractivity contribution is -0.130. The number of H-pyrrole nitrogens is 1. The Morgan fingerprint density at radius 1 is 1.75 bits per heavy atom. The Morgan fingerprint density at radius 2 is 2.62 bits per heavy atom. The smallest absolute Gasteiger partial charge is 0.302 e. The second kappa shape index (κ2) is 6.48. The molecule has 2 aromatic heterocycles. The van der Waals surface area contributed by atoms with Gasteiger partial charge in [-0.1, -0.05) is 6.85 Å². The molecule has 24 heavy (non-hydrogen) atoms. The van der Waals surface area contributed by atoms with Gasteiger partial charge in [0.2, 0.25) is 0 Å². The lowest BCUT2D eigenvalue weighted by Crippen LogP contribution is -2.53. The Labute approximate surface area is 157 Å². The third kappa shape index (κ3) is 2.92. The summed E-state index contributed by atoms with van der Waals surface area (Å²) in [5.41, 5.74) is 0.211. The number of amides is 1. The zero-order chi connectivity index (χ0) is 26.7. The van der Waals surface area contributed by atoms with E-state index in [1.807, 2.05) is 0 Å². The predicted octanol–water partition coefficient (Wildman–Crippen LogP) is 1.86. The van der Waals surface area contributed by atoms with E-state index >= 15 is 0 Å². The number of anilines is 1. The first-order chi connectivity index (χ1) is 15.8. The molecule has 0 aromatic carbocycles. The number of rotatable bonds is 3. The van der Waals surface area contributed by atoms with Crippen molar-refractivity contribution < 1.29 is 19.9 Å². The Morgan fingerprint density at radius 3 is 3.38 bits per heavy atom. The van der Waals surface area contributed by atoms with Gasteiger partial charge in [0.15, 0.2) is 0 Å². The summed E-state index contributed by atoms with van der Waals surface area (Å²) in [7, 11) is 0. The molecule has 126 valence electrons. The van der Waals surface area contributed by atoms with Crippen LogP contribution in [0.3, 0.4) is 0 Å². The van der Waals surface area contributed by atoms with Crippen LogP contribution in [0.4, 0.5) is 5.82 Å². The first-order valence-electron chi connectivity index (χ1n) is 12.7. The highest BCUT2D eigenvalue weighted by atomic mass is 16.2. The number of nitrogens with zero attached hydrogens (tertiary/aromatic N) is 5. The average Bonchev–Trinajstić information content (AvgIpc) is 2.98. The molecule has 0 unspecified atom stereocenters. The fourth-order valence-corrected chi connectivity index (χ4v) is 2.59. The Bertz CT molecular complexity index is 1200. The molecule has 1 aliphatic heterocycles. The van der Waals surface area contributed by atoms with Crippen molar-refractivity contribution in [3.05, 3.63) is 29.5 Å². The second-order valence-electron chi connectivity index (χ2n) is 5.36. The summed E-state index contributed by atoms with van der Waals surface area (Å²) >= 11 is 0. The minimum absolute atomic E-state index is 0.0566. The van der Waals surface area contributed by atoms with Gasteiger partial charge >= 0.3 is 5.91 Å². The maximum absolute atomic E-state index is 12.7. The van der Waals surface area contributed by atoms with Gasteiger partial charge in [0.05, 0.1) is 14.1 Å². The zero-order valence-electron chi connectivity index (χ0n) is 23.8. The van der Waals surface area contributed by atoms with Crippen LogP contribution in [0.5, 0.6) is 0 Å². The number of fused-ring (bicyclic) bond motifs is 1. The van der Waals surface area contributed by atoms with Gasteiger partial charge in [0.1, 0.15) is 21.9 Å². The van der Waals surface area contributed by atoms with Crippen LogP contribution in [0.15, 0.2) is 12.3 Å². The molecule has 0 saturated carbocycles. The fourth-order valence-electron chi connectivity index (χ4n) is 2.59. The van der Waals surface area contributed by atoms with Crippen molar-refractivity contribution in [1.82, 2.24) is 19.9 Å². The Balaban J connectivity index is 2.31. The van der Waals surface area contributed by atoms with Crippen LogP contribution in [0.2, 0.25) is 0 Å². The summed E-state index contributed by atoms with van der Waals surface area (Å²) in [6.45, 7) is -1.84. The maximum Gasteiger partial charge on any atom is 0.302 e. The number of aromatic nitrogens is 3. The molecule has 7 heteroatoms. The van der Waals surface area contributed by atoms with Crippen LogP contribution >= 0.6 is 0 Å². The minimum atomic E-state index is -3.23. The normalized spacial score (nSPS) is 32.2. The topological polar surface area (TPSA) is 69.5 Å². The van der Waals surface area contributed by atoms with E-state index in [2.05, 4.69) is 19.8 Å². The molecule has 1 saturated heterocycles. The number of hydrogen-bond acceptors (Lipinski definition) is 4. The molecule has 1 fully saturated rings. The van der Waals surface area contributed by atoms with E-state index in [0.29, 0.717) is 4.90 Å². The number of aryl methyl sites for hydroxylation is 1. The molecule has 2 atom stereocenters. The van der Waals surface area contributed by atoms with Gasteiger partial charge in [-0.15, -0.1) is 0 Å². The van der Waals surface area contributed by atoms with E-state index in [1.54, 1.807) is 0 Å². The highest BCUT2D eigenvalue weighted by Gasteiger charge is 2.33. The lowest BCUT2D eigenvalue weighted by atomic mass is 9.92. The molecule has 2 aromatic rings. The summed E-state index contributed by atoms with van der Waals surface area (Å²) in [6.07, 6.45) is -1.04. The highest BCUT2D eigenvalue weighted by molar-refractivity contribution is 5.88. The molecule has 1 N–H and O–H groups in total. The van der Waals surface area contributed by atoms with E-state index in [9.17, 15) is 6.17 Å². The van der Waals surface area contributed by atoms with Crippen LogP contribution in [-0.4, -0.2) is 58.3 Å². The molecular weight excluding hydrogens is 304 g/mol. The molecule has 0 radical (unpaired) electrons. The van der Waals surface area contributed by atoms with Crippen LogP contribution in [0.1, 0.15) is 34.0 Å². The van der Waals surface area contributed by atoms with Crippen molar-refractivity contribution in [2.45, 2.75) is 26.2 Å². The van der Waals surface area contributed by atoms with E-state index in [-0.39, 0.29) is 29.3 Å². The largest absolute Gasteiger partial charge is 0.354 e. The Kier molecular flexibility index (Phi) is 2.03. The summed E-state index contributed by atoms with van der Waals surface area (Å²) in [6, 6.07) is -2.85. The third-order valence-corrected chi connectivity index (χ3v) is 3.78. The van der Waals surface area contributed by atoms with Crippen LogP contribution in [0, 0.1) is 19.4 Å². The molecule has 0 bridgehead atoms. The van der Waals surface area contributed by atoms with Crippen molar-refractivity contribution in [3.8, 4) is 0 Å². The minimum Gasteiger partial charge on any atom is -0.354 e. The van der Waals surface area contributed by atoms with Gasteiger partial charge in [-0.2, -0.15) is 0 Å². The summed E-state index contributed by atoms with van der Waals surface area (Å²) in [4.78, 5) is 27.0. The number of likely N-dealkylation sites (N-methyl/N-ethyl adjacent to an activating group) is 1. The van der Waals surface area contributed by atoms with Crippen molar-refractivity contribution in [1.29, 1.82) is 0 Å². The van der Waals surface area contributed by atoms with Gasteiger partial charge in [-0.05, 0) is 25.3 Å². The van der Waals surface area contributed by atoms with E-state index in [4.69, 9.17) is 20.3 Å². The molecule has 0 spiro atoms. The summed E-state index contributed by atoms with van der Waals surface area (Å²) < 4.78 is 89.2. The fraction of sp³-hybridized carbons (Fsp3) is 0.529. The molecule has 7 nitrogen and oxygen atoms in total. The van der Waals surface area contributed by atoms with Gasteiger partial charge in [0, 0.05) is 34.0 Å². The van der Waals surface area contributed by atoms with E-state index in [1.165, 1.54) is 6.92 Å². The second-order valence-corrected chi connectivity index (χ2v) is 5.36. The summed E-state index contributed by atoms with van der Waals surface area (Å²) in [5.74, 6) is -3.53. The molecule has 3 heterocycles. The predicted molar refractivity (Wildman–Crippen MR) is 92.6 cm³/mol. The van der Waals surface area contributed by atoms with Gasteiger partial charge in [-0.25, -0.2) is 16.5 Å². The SMILES string of the molecule is [2H]c1nc(N(C([2H])([2H])[2H])[C@@]2([2H])CN(C(=O)C([2H])([2H])[N+]#[C-])CC[C@H]2C([2H])([2H])[2H])c2c([2H])c(C)[nH]c2n1. The lowest BCUT2D eigenvalue weighted by Gasteiger charge is -2.41. The highest BCUT2D eigenvalue weighted by Crippen LogP contribution is 2.29. The van der Waals surface area contributed by atoms with Crippen LogP contribution in [-0.2, 0) is 4.79 Å². The Hall–Kier alpha value is -2.62. The van der Waals surface area contributed by atoms with Crippen molar-refractivity contribution in [2.24, 2.45) is 5.92 Å². The standard InChI is InChI=1S/C17H22N6O/c1-11-5-6-23(15(24)8-18-3)9-14(11)22(4)17-13-7-12(2)21-16(13)19-10-20-17/h7,10-11,14H,5-6,8-9H2,1-2,4H3,(H,19,20,21)/t11-,14+/m1/s1/i1D3,4D3,7D,8D2,10D,14D. The molecular formula is C17H22N6O. The molecule has 0 aliphatic carbocycles. The average molecular weight is 337 g/mol. The van der Waals surface area contributed by atoms with Crippen LogP contribution < -0.4 is 4.90 Å². The summed E-state index contributed by atoms with van der Waals surface area (Å²) in [5, 5.41) is -0.148. The van der Waals surface area contributed by atoms with Gasteiger partial charge in [0.25, 0.3) is 6.50 Å². The van der Waals surface area contributed by atoms with Crippen molar-refractivity contribution >= 4 is 22.8 Å². The van der Waals surface area contributed by atoms with Gasteiger partial charge in [-0.3, -0.25) is 4.79 Å². The number of piperidine rings is 1. The maximum atomic E-state index is 12.7. The molecule has 1 aliphatic rings. The van der Waals surface area contributed by atoms with Crippen LogP contribution in [0.25, 0.3) is 15.9 Å². The number of aromatic amines is 1. The number of carbonyl (C=O) groups excluding carboxylic acids is 1. The quantitative estimate of drug-likeness (QED) is 0.868. The first kappa shape index (κ1) is 7.51. The van der Waals surface area contributed by atoms with E-state index < -0.39 is 63.3 Å². The number of hydrogen-bond donors (Lipinski definition) is 1. The molecule has 3 rings (SSSR count). The van der Waals surface area contributed by atoms with Crippen molar-refractivity contribution in [2.75, 3.05) is 31.5 Å². The van der Waals surface area contributed by atoms with Crippen molar-refractivity contribution in [3.63, 3.8) is 0 Å². The monoisotopic (exact) mass is 337 g/mol.